The zero-order chi connectivity index (χ0) is 27.3. The summed E-state index contributed by atoms with van der Waals surface area (Å²) >= 11 is 6.10. The van der Waals surface area contributed by atoms with Crippen molar-refractivity contribution in [1.29, 1.82) is 0 Å². The maximum atomic E-state index is 14.0. The second kappa shape index (κ2) is 11.8. The molecule has 4 rings (SSSR count). The Balaban J connectivity index is 1.75. The highest BCUT2D eigenvalue weighted by Crippen LogP contribution is 2.40. The molecule has 1 aromatic carbocycles. The van der Waals surface area contributed by atoms with Gasteiger partial charge in [0.05, 0.1) is 25.9 Å². The molecule has 0 aliphatic carbocycles. The van der Waals surface area contributed by atoms with Crippen LogP contribution >= 0.6 is 11.6 Å². The van der Waals surface area contributed by atoms with E-state index in [1.165, 1.54) is 34.7 Å². The van der Waals surface area contributed by atoms with Crippen LogP contribution in [0.1, 0.15) is 37.9 Å². The molecule has 0 bridgehead atoms. The van der Waals surface area contributed by atoms with Gasteiger partial charge in [-0.15, -0.1) is 5.10 Å². The summed E-state index contributed by atoms with van der Waals surface area (Å²) in [6, 6.07) is 5.18. The molecular formula is C25H28ClN5O6S. The third-order valence-corrected chi connectivity index (χ3v) is 7.85. The summed E-state index contributed by atoms with van der Waals surface area (Å²) in [7, 11) is -2.82. The van der Waals surface area contributed by atoms with Gasteiger partial charge in [-0.3, -0.25) is 18.8 Å². The highest BCUT2D eigenvalue weighted by atomic mass is 35.5. The highest BCUT2D eigenvalue weighted by molar-refractivity contribution is 7.93. The minimum Gasteiger partial charge on any atom is -0.486 e. The van der Waals surface area contributed by atoms with E-state index in [0.29, 0.717) is 29.2 Å². The second-order valence-corrected chi connectivity index (χ2v) is 10.5. The van der Waals surface area contributed by atoms with E-state index in [4.69, 9.17) is 25.8 Å². The molecule has 2 aromatic heterocycles. The van der Waals surface area contributed by atoms with E-state index < -0.39 is 22.1 Å². The Hall–Kier alpha value is -3.64. The molecule has 0 spiro atoms. The van der Waals surface area contributed by atoms with Crippen LogP contribution in [0.4, 0.5) is 5.69 Å². The SMILES string of the molecule is CCOc1nn(CC)cc1S(=O)(=O)N1C[C@H](CCC(=O)OC)Oc2ccc(/C=C/c3nccnc3Cl)cc21. The van der Waals surface area contributed by atoms with E-state index in [0.717, 1.165) is 0 Å². The Kier molecular flexibility index (Phi) is 8.52. The largest absolute Gasteiger partial charge is 0.486 e. The van der Waals surface area contributed by atoms with Gasteiger partial charge in [0.2, 0.25) is 0 Å². The molecule has 0 saturated carbocycles. The number of aromatic nitrogens is 4. The number of halogens is 1. The molecule has 0 radical (unpaired) electrons. The van der Waals surface area contributed by atoms with Crippen LogP contribution in [0.2, 0.25) is 5.15 Å². The molecule has 0 fully saturated rings. The van der Waals surface area contributed by atoms with Crippen molar-refractivity contribution in [3.8, 4) is 11.6 Å². The van der Waals surface area contributed by atoms with Crippen LogP contribution in [0.25, 0.3) is 12.2 Å². The van der Waals surface area contributed by atoms with Crippen LogP contribution < -0.4 is 13.8 Å². The lowest BCUT2D eigenvalue weighted by Gasteiger charge is -2.35. The van der Waals surface area contributed by atoms with Crippen molar-refractivity contribution in [1.82, 2.24) is 19.7 Å². The molecule has 11 nitrogen and oxygen atoms in total. The van der Waals surface area contributed by atoms with E-state index in [-0.39, 0.29) is 41.9 Å². The first-order valence-corrected chi connectivity index (χ1v) is 13.8. The predicted octanol–water partition coefficient (Wildman–Crippen LogP) is 3.83. The number of carbonyl (C=O) groups excluding carboxylic acids is 1. The van der Waals surface area contributed by atoms with Crippen molar-refractivity contribution < 1.29 is 27.4 Å². The summed E-state index contributed by atoms with van der Waals surface area (Å²) in [6.45, 7) is 4.32. The van der Waals surface area contributed by atoms with Crippen molar-refractivity contribution in [3.05, 3.63) is 53.2 Å². The van der Waals surface area contributed by atoms with Crippen LogP contribution in [0.5, 0.6) is 11.6 Å². The number of ether oxygens (including phenoxy) is 3. The van der Waals surface area contributed by atoms with Crippen LogP contribution in [0.15, 0.2) is 41.7 Å². The van der Waals surface area contributed by atoms with Gasteiger partial charge in [-0.05, 0) is 44.0 Å². The standard InChI is InChI=1S/C25H28ClN5O6S/c1-4-30-16-22(25(29-30)36-5-2)38(33,34)31-15-18(8-11-23(32)35-3)37-21-10-7-17(14-20(21)31)6-9-19-24(26)28-13-12-27-19/h6-7,9-10,12-14,16,18H,4-5,8,11,15H2,1-3H3/b9-6+/t18-/m0/s1. The van der Waals surface area contributed by atoms with Crippen LogP contribution in [0, 0.1) is 0 Å². The zero-order valence-corrected chi connectivity index (χ0v) is 22.8. The number of nitrogens with zero attached hydrogens (tertiary/aromatic N) is 5. The number of anilines is 1. The zero-order valence-electron chi connectivity index (χ0n) is 21.2. The molecule has 3 heterocycles. The first-order chi connectivity index (χ1) is 18.3. The van der Waals surface area contributed by atoms with Crippen LogP contribution in [0.3, 0.4) is 0 Å². The van der Waals surface area contributed by atoms with Crippen LogP contribution in [-0.2, 0) is 26.1 Å². The molecule has 38 heavy (non-hydrogen) atoms. The molecule has 202 valence electrons. The van der Waals surface area contributed by atoms with Crippen molar-refractivity contribution in [2.45, 2.75) is 44.2 Å². The third-order valence-electron chi connectivity index (χ3n) is 5.80. The summed E-state index contributed by atoms with van der Waals surface area (Å²) in [5.74, 6) is -0.00752. The number of benzene rings is 1. The number of hydrogen-bond donors (Lipinski definition) is 0. The molecule has 1 aliphatic rings. The topological polar surface area (TPSA) is 126 Å². The van der Waals surface area contributed by atoms with Gasteiger partial charge in [-0.25, -0.2) is 13.4 Å². The fourth-order valence-corrected chi connectivity index (χ4v) is 5.63. The summed E-state index contributed by atoms with van der Waals surface area (Å²) in [6.07, 6.45) is 7.71. The van der Waals surface area contributed by atoms with Crippen LogP contribution in [-0.4, -0.2) is 60.5 Å². The first-order valence-electron chi connectivity index (χ1n) is 12.0. The van der Waals surface area contributed by atoms with Gasteiger partial charge >= 0.3 is 5.97 Å². The Morgan fingerprint density at radius 2 is 2.03 bits per heavy atom. The summed E-state index contributed by atoms with van der Waals surface area (Å²) in [5.41, 5.74) is 1.51. The normalized spacial score (nSPS) is 15.3. The average molecular weight is 562 g/mol. The summed E-state index contributed by atoms with van der Waals surface area (Å²) in [5, 5.41) is 4.52. The van der Waals surface area contributed by atoms with E-state index in [2.05, 4.69) is 15.1 Å². The van der Waals surface area contributed by atoms with Gasteiger partial charge in [-0.1, -0.05) is 23.7 Å². The van der Waals surface area contributed by atoms with Gasteiger partial charge in [0.15, 0.2) is 10.0 Å². The Morgan fingerprint density at radius 1 is 1.24 bits per heavy atom. The van der Waals surface area contributed by atoms with Gasteiger partial charge in [0.1, 0.15) is 17.5 Å². The van der Waals surface area contributed by atoms with E-state index in [9.17, 15) is 13.2 Å². The summed E-state index contributed by atoms with van der Waals surface area (Å²) in [4.78, 5) is 19.9. The maximum absolute atomic E-state index is 14.0. The number of rotatable bonds is 10. The lowest BCUT2D eigenvalue weighted by molar-refractivity contribution is -0.141. The Bertz CT molecular complexity index is 1440. The minimum absolute atomic E-state index is 0.0155. The molecule has 0 saturated heterocycles. The molecule has 0 N–H and O–H groups in total. The minimum atomic E-state index is -4.12. The fourth-order valence-electron chi connectivity index (χ4n) is 3.89. The van der Waals surface area contributed by atoms with Gasteiger partial charge in [-0.2, -0.15) is 0 Å². The lowest BCUT2D eigenvalue weighted by atomic mass is 10.1. The van der Waals surface area contributed by atoms with E-state index >= 15 is 0 Å². The molecule has 3 aromatic rings. The van der Waals surface area contributed by atoms with Crippen molar-refractivity contribution >= 4 is 45.4 Å². The molecule has 0 amide bonds. The number of fused-ring (bicyclic) bond motifs is 1. The van der Waals surface area contributed by atoms with Gasteiger partial charge in [0.25, 0.3) is 15.9 Å². The number of esters is 1. The number of aryl methyl sites for hydroxylation is 1. The third kappa shape index (κ3) is 5.91. The van der Waals surface area contributed by atoms with E-state index in [1.54, 1.807) is 37.3 Å². The molecule has 1 atom stereocenters. The van der Waals surface area contributed by atoms with Gasteiger partial charge < -0.3 is 14.2 Å². The van der Waals surface area contributed by atoms with Crippen molar-refractivity contribution in [2.24, 2.45) is 0 Å². The van der Waals surface area contributed by atoms with Crippen molar-refractivity contribution in [2.75, 3.05) is 24.6 Å². The average Bonchev–Trinajstić information content (AvgIpc) is 3.35. The molecular weight excluding hydrogens is 534 g/mol. The van der Waals surface area contributed by atoms with Crippen molar-refractivity contribution in [3.63, 3.8) is 0 Å². The number of sulfonamides is 1. The first kappa shape index (κ1) is 27.4. The summed E-state index contributed by atoms with van der Waals surface area (Å²) < 4.78 is 47.3. The smallest absolute Gasteiger partial charge is 0.305 e. The quantitative estimate of drug-likeness (QED) is 0.339. The number of methoxy groups -OCH3 is 1. The molecule has 1 aliphatic heterocycles. The monoisotopic (exact) mass is 561 g/mol. The highest BCUT2D eigenvalue weighted by Gasteiger charge is 2.37. The predicted molar refractivity (Wildman–Crippen MR) is 142 cm³/mol. The lowest BCUT2D eigenvalue weighted by Crippen LogP contribution is -2.43. The maximum Gasteiger partial charge on any atom is 0.305 e. The number of carbonyl (C=O) groups is 1. The van der Waals surface area contributed by atoms with Gasteiger partial charge in [0, 0.05) is 31.6 Å². The molecule has 13 heteroatoms. The Labute approximate surface area is 226 Å². The Morgan fingerprint density at radius 3 is 2.74 bits per heavy atom. The second-order valence-electron chi connectivity index (χ2n) is 8.27. The molecule has 0 unspecified atom stereocenters. The van der Waals surface area contributed by atoms with E-state index in [1.807, 2.05) is 6.92 Å². The number of hydrogen-bond acceptors (Lipinski definition) is 9. The fraction of sp³-hybridized carbons (Fsp3) is 0.360.